The fraction of sp³-hybridized carbons (Fsp3) is 0.111. The van der Waals surface area contributed by atoms with Crippen LogP contribution in [0.3, 0.4) is 0 Å². The van der Waals surface area contributed by atoms with Crippen molar-refractivity contribution in [1.29, 1.82) is 0 Å². The number of imidazole rings is 1. The summed E-state index contributed by atoms with van der Waals surface area (Å²) in [5.74, 6) is 0.651. The minimum absolute atomic E-state index is 0.595. The monoisotopic (exact) mass is 200 g/mol. The number of aromatic amines is 1. The van der Waals surface area contributed by atoms with Gasteiger partial charge in [0.1, 0.15) is 5.65 Å². The predicted molar refractivity (Wildman–Crippen MR) is 52.2 cm³/mol. The van der Waals surface area contributed by atoms with E-state index in [2.05, 4.69) is 25.6 Å². The zero-order valence-corrected chi connectivity index (χ0v) is 7.83. The molecule has 0 amide bonds. The second-order valence-corrected chi connectivity index (χ2v) is 3.20. The van der Waals surface area contributed by atoms with Crippen molar-refractivity contribution in [3.05, 3.63) is 42.1 Å². The summed E-state index contributed by atoms with van der Waals surface area (Å²) in [7, 11) is 0. The van der Waals surface area contributed by atoms with E-state index in [1.165, 1.54) is 0 Å². The minimum Gasteiger partial charge on any atom is -0.307 e. The van der Waals surface area contributed by atoms with Crippen molar-refractivity contribution in [2.24, 2.45) is 0 Å². The number of tetrazole rings is 1. The summed E-state index contributed by atoms with van der Waals surface area (Å²) in [6.45, 7) is 0. The highest BCUT2D eigenvalue weighted by atomic mass is 15.5. The highest BCUT2D eigenvalue weighted by Gasteiger charge is 2.04. The van der Waals surface area contributed by atoms with Gasteiger partial charge in [-0.05, 0) is 12.1 Å². The Labute approximate surface area is 85.0 Å². The fourth-order valence-corrected chi connectivity index (χ4v) is 1.49. The van der Waals surface area contributed by atoms with Gasteiger partial charge in [-0.1, -0.05) is 11.3 Å². The Morgan fingerprint density at radius 3 is 3.13 bits per heavy atom. The van der Waals surface area contributed by atoms with Gasteiger partial charge in [-0.15, -0.1) is 10.2 Å². The van der Waals surface area contributed by atoms with E-state index in [0.717, 1.165) is 11.3 Å². The molecule has 0 saturated carbocycles. The van der Waals surface area contributed by atoms with Crippen molar-refractivity contribution in [2.75, 3.05) is 0 Å². The van der Waals surface area contributed by atoms with Crippen LogP contribution in [0.15, 0.2) is 30.6 Å². The number of nitrogens with zero attached hydrogens (tertiary/aromatic N) is 5. The lowest BCUT2D eigenvalue weighted by Gasteiger charge is -1.86. The quantitative estimate of drug-likeness (QED) is 0.651. The molecule has 6 nitrogen and oxygen atoms in total. The SMILES string of the molecule is c1ccn2cc(Cc3nn[nH]n3)nc2c1. The average Bonchev–Trinajstić information content (AvgIpc) is 2.86. The summed E-state index contributed by atoms with van der Waals surface area (Å²) in [6, 6.07) is 5.88. The van der Waals surface area contributed by atoms with E-state index in [4.69, 9.17) is 0 Å². The minimum atomic E-state index is 0.595. The molecule has 3 rings (SSSR count). The third-order valence-corrected chi connectivity index (χ3v) is 2.14. The lowest BCUT2D eigenvalue weighted by atomic mass is 10.3. The van der Waals surface area contributed by atoms with E-state index in [-0.39, 0.29) is 0 Å². The molecule has 1 N–H and O–H groups in total. The normalized spacial score (nSPS) is 10.9. The number of rotatable bonds is 2. The summed E-state index contributed by atoms with van der Waals surface area (Å²) in [6.07, 6.45) is 4.52. The van der Waals surface area contributed by atoms with Gasteiger partial charge in [0.15, 0.2) is 5.82 Å². The zero-order chi connectivity index (χ0) is 10.1. The Balaban J connectivity index is 1.98. The molecular weight excluding hydrogens is 192 g/mol. The van der Waals surface area contributed by atoms with Crippen LogP contribution in [-0.2, 0) is 6.42 Å². The Morgan fingerprint density at radius 2 is 2.33 bits per heavy atom. The maximum Gasteiger partial charge on any atom is 0.180 e. The van der Waals surface area contributed by atoms with Crippen LogP contribution in [0, 0.1) is 0 Å². The first-order chi connectivity index (χ1) is 7.42. The number of hydrogen-bond acceptors (Lipinski definition) is 4. The third kappa shape index (κ3) is 1.45. The molecule has 3 aromatic rings. The first-order valence-corrected chi connectivity index (χ1v) is 4.57. The van der Waals surface area contributed by atoms with Gasteiger partial charge in [0.2, 0.25) is 0 Å². The second-order valence-electron chi connectivity index (χ2n) is 3.20. The van der Waals surface area contributed by atoms with Crippen molar-refractivity contribution in [1.82, 2.24) is 30.0 Å². The van der Waals surface area contributed by atoms with E-state index in [1.54, 1.807) is 0 Å². The van der Waals surface area contributed by atoms with Gasteiger partial charge in [0.25, 0.3) is 0 Å². The number of fused-ring (bicyclic) bond motifs is 1. The summed E-state index contributed by atoms with van der Waals surface area (Å²) < 4.78 is 1.97. The summed E-state index contributed by atoms with van der Waals surface area (Å²) in [4.78, 5) is 4.43. The van der Waals surface area contributed by atoms with Crippen molar-refractivity contribution < 1.29 is 0 Å². The van der Waals surface area contributed by atoms with Gasteiger partial charge in [0, 0.05) is 12.4 Å². The molecule has 0 radical (unpaired) electrons. The van der Waals surface area contributed by atoms with Crippen LogP contribution in [0.5, 0.6) is 0 Å². The Hall–Kier alpha value is -2.24. The summed E-state index contributed by atoms with van der Waals surface area (Å²) >= 11 is 0. The van der Waals surface area contributed by atoms with E-state index in [1.807, 2.05) is 35.0 Å². The molecular formula is C9H8N6. The molecule has 0 atom stereocenters. The highest BCUT2D eigenvalue weighted by Crippen LogP contribution is 2.06. The Morgan fingerprint density at radius 1 is 1.33 bits per heavy atom. The largest absolute Gasteiger partial charge is 0.307 e. The molecule has 0 saturated heterocycles. The Kier molecular flexibility index (Phi) is 1.71. The van der Waals surface area contributed by atoms with E-state index >= 15 is 0 Å². The highest BCUT2D eigenvalue weighted by molar-refractivity contribution is 5.39. The fourth-order valence-electron chi connectivity index (χ4n) is 1.49. The number of H-pyrrole nitrogens is 1. The van der Waals surface area contributed by atoms with Crippen LogP contribution in [0.1, 0.15) is 11.5 Å². The van der Waals surface area contributed by atoms with E-state index in [9.17, 15) is 0 Å². The van der Waals surface area contributed by atoms with Gasteiger partial charge >= 0.3 is 0 Å². The molecule has 0 aliphatic carbocycles. The second kappa shape index (κ2) is 3.16. The molecule has 74 valence electrons. The number of hydrogen-bond donors (Lipinski definition) is 1. The van der Waals surface area contributed by atoms with Crippen LogP contribution in [0.25, 0.3) is 5.65 Å². The molecule has 0 fully saturated rings. The van der Waals surface area contributed by atoms with Crippen LogP contribution in [0.4, 0.5) is 0 Å². The maximum atomic E-state index is 4.43. The standard InChI is InChI=1S/C9H8N6/c1-2-4-15-6-7(10-9(15)3-1)5-8-11-13-14-12-8/h1-4,6H,5H2,(H,11,12,13,14). The molecule has 0 spiro atoms. The molecule has 0 bridgehead atoms. The first-order valence-electron chi connectivity index (χ1n) is 4.57. The van der Waals surface area contributed by atoms with Gasteiger partial charge in [0.05, 0.1) is 12.1 Å². The van der Waals surface area contributed by atoms with Crippen LogP contribution >= 0.6 is 0 Å². The van der Waals surface area contributed by atoms with E-state index in [0.29, 0.717) is 12.2 Å². The summed E-state index contributed by atoms with van der Waals surface area (Å²) in [5.41, 5.74) is 1.86. The lowest BCUT2D eigenvalue weighted by Crippen LogP contribution is -1.90. The van der Waals surface area contributed by atoms with Crippen molar-refractivity contribution in [3.63, 3.8) is 0 Å². The average molecular weight is 200 g/mol. The van der Waals surface area contributed by atoms with Crippen molar-refractivity contribution >= 4 is 5.65 Å². The van der Waals surface area contributed by atoms with E-state index < -0.39 is 0 Å². The topological polar surface area (TPSA) is 71.8 Å². The smallest absolute Gasteiger partial charge is 0.180 e. The molecule has 0 aromatic carbocycles. The molecule has 15 heavy (non-hydrogen) atoms. The van der Waals surface area contributed by atoms with Crippen LogP contribution < -0.4 is 0 Å². The molecule has 3 heterocycles. The van der Waals surface area contributed by atoms with Crippen molar-refractivity contribution in [3.8, 4) is 0 Å². The Bertz CT molecular complexity index is 534. The van der Waals surface area contributed by atoms with Gasteiger partial charge in [-0.25, -0.2) is 4.98 Å². The molecule has 6 heteroatoms. The van der Waals surface area contributed by atoms with Gasteiger partial charge < -0.3 is 4.40 Å². The number of nitrogens with one attached hydrogen (secondary N) is 1. The molecule has 0 aliphatic heterocycles. The third-order valence-electron chi connectivity index (χ3n) is 2.14. The maximum absolute atomic E-state index is 4.43. The number of aromatic nitrogens is 6. The molecule has 0 aliphatic rings. The number of pyridine rings is 1. The lowest BCUT2D eigenvalue weighted by molar-refractivity contribution is 0.881. The first kappa shape index (κ1) is 8.10. The zero-order valence-electron chi connectivity index (χ0n) is 7.83. The molecule has 3 aromatic heterocycles. The molecule has 0 unspecified atom stereocenters. The predicted octanol–water partition coefficient (Wildman–Crippen LogP) is 0.438. The van der Waals surface area contributed by atoms with Crippen molar-refractivity contribution in [2.45, 2.75) is 6.42 Å². The van der Waals surface area contributed by atoms with Gasteiger partial charge in [-0.3, -0.25) is 0 Å². The summed E-state index contributed by atoms with van der Waals surface area (Å²) in [5, 5.41) is 13.7. The van der Waals surface area contributed by atoms with Crippen LogP contribution in [-0.4, -0.2) is 30.0 Å². The van der Waals surface area contributed by atoms with Gasteiger partial charge in [-0.2, -0.15) is 5.21 Å². The van der Waals surface area contributed by atoms with Crippen LogP contribution in [0.2, 0.25) is 0 Å².